The Balaban J connectivity index is 1.81. The fourth-order valence-electron chi connectivity index (χ4n) is 1.49. The second-order valence-electron chi connectivity index (χ2n) is 3.53. The van der Waals surface area contributed by atoms with Gasteiger partial charge in [0, 0.05) is 22.9 Å². The van der Waals surface area contributed by atoms with Gasteiger partial charge < -0.3 is 5.32 Å². The van der Waals surface area contributed by atoms with Crippen LogP contribution in [0.2, 0.25) is 0 Å². The summed E-state index contributed by atoms with van der Waals surface area (Å²) in [5, 5.41) is 5.56. The number of hydrogen-bond donors (Lipinski definition) is 1. The third kappa shape index (κ3) is 3.37. The second kappa shape index (κ2) is 6.09. The Morgan fingerprint density at radius 2 is 1.94 bits per heavy atom. The van der Waals surface area contributed by atoms with E-state index in [0.29, 0.717) is 0 Å². The molecule has 2 rings (SSSR count). The van der Waals surface area contributed by atoms with Crippen LogP contribution in [0.25, 0.3) is 0 Å². The lowest BCUT2D eigenvalue weighted by molar-refractivity contribution is 0.700. The van der Waals surface area contributed by atoms with Crippen molar-refractivity contribution in [2.24, 2.45) is 0 Å². The summed E-state index contributed by atoms with van der Waals surface area (Å²) in [6.07, 6.45) is 2.10. The van der Waals surface area contributed by atoms with Crippen LogP contribution >= 0.6 is 23.1 Å². The molecule has 84 valence electrons. The molecule has 0 saturated carbocycles. The van der Waals surface area contributed by atoms with Crippen molar-refractivity contribution in [3.8, 4) is 0 Å². The molecule has 0 aliphatic heterocycles. The van der Waals surface area contributed by atoms with Crippen LogP contribution in [0.4, 0.5) is 0 Å². The SMILES string of the molecule is CSc1ccc(CNCc2cccs2)cc1. The van der Waals surface area contributed by atoms with Crippen molar-refractivity contribution >= 4 is 23.1 Å². The van der Waals surface area contributed by atoms with E-state index in [1.165, 1.54) is 15.3 Å². The van der Waals surface area contributed by atoms with Gasteiger partial charge in [0.2, 0.25) is 0 Å². The number of rotatable bonds is 5. The molecule has 0 bridgehead atoms. The molecule has 0 radical (unpaired) electrons. The van der Waals surface area contributed by atoms with Gasteiger partial charge in [0.25, 0.3) is 0 Å². The normalized spacial score (nSPS) is 10.6. The minimum Gasteiger partial charge on any atom is -0.308 e. The van der Waals surface area contributed by atoms with Crippen molar-refractivity contribution in [3.63, 3.8) is 0 Å². The average molecular weight is 249 g/mol. The summed E-state index contributed by atoms with van der Waals surface area (Å²) < 4.78 is 0. The summed E-state index contributed by atoms with van der Waals surface area (Å²) in [5.41, 5.74) is 1.34. The molecule has 16 heavy (non-hydrogen) atoms. The van der Waals surface area contributed by atoms with Crippen molar-refractivity contribution in [2.75, 3.05) is 6.26 Å². The zero-order chi connectivity index (χ0) is 11.2. The van der Waals surface area contributed by atoms with E-state index in [1.54, 1.807) is 23.1 Å². The van der Waals surface area contributed by atoms with Crippen LogP contribution in [0.15, 0.2) is 46.7 Å². The molecule has 0 spiro atoms. The summed E-state index contributed by atoms with van der Waals surface area (Å²) in [4.78, 5) is 2.71. The zero-order valence-electron chi connectivity index (χ0n) is 9.27. The van der Waals surface area contributed by atoms with Gasteiger partial charge in [-0.15, -0.1) is 23.1 Å². The molecule has 1 heterocycles. The molecule has 0 atom stereocenters. The van der Waals surface area contributed by atoms with Crippen LogP contribution in [0.1, 0.15) is 10.4 Å². The molecule has 0 amide bonds. The van der Waals surface area contributed by atoms with Gasteiger partial charge in [-0.2, -0.15) is 0 Å². The summed E-state index contributed by atoms with van der Waals surface area (Å²) in [7, 11) is 0. The van der Waals surface area contributed by atoms with Gasteiger partial charge in [0.1, 0.15) is 0 Å². The number of benzene rings is 1. The van der Waals surface area contributed by atoms with Gasteiger partial charge in [-0.25, -0.2) is 0 Å². The summed E-state index contributed by atoms with van der Waals surface area (Å²) in [6.45, 7) is 1.90. The molecule has 1 aromatic carbocycles. The highest BCUT2D eigenvalue weighted by molar-refractivity contribution is 7.98. The molecule has 1 N–H and O–H groups in total. The zero-order valence-corrected chi connectivity index (χ0v) is 10.9. The minimum absolute atomic E-state index is 0.937. The summed E-state index contributed by atoms with van der Waals surface area (Å²) in [5.74, 6) is 0. The standard InChI is InChI=1S/C13H15NS2/c1-15-12-6-4-11(5-7-12)9-14-10-13-3-2-8-16-13/h2-8,14H,9-10H2,1H3. The Morgan fingerprint density at radius 1 is 1.12 bits per heavy atom. The van der Waals surface area contributed by atoms with E-state index in [0.717, 1.165) is 13.1 Å². The lowest BCUT2D eigenvalue weighted by Gasteiger charge is -2.04. The Labute approximate surface area is 105 Å². The van der Waals surface area contributed by atoms with Gasteiger partial charge in [-0.3, -0.25) is 0 Å². The van der Waals surface area contributed by atoms with E-state index in [9.17, 15) is 0 Å². The van der Waals surface area contributed by atoms with E-state index >= 15 is 0 Å². The summed E-state index contributed by atoms with van der Waals surface area (Å²) in [6, 6.07) is 13.0. The first-order valence-electron chi connectivity index (χ1n) is 5.24. The first-order chi connectivity index (χ1) is 7.88. The van der Waals surface area contributed by atoms with Crippen LogP contribution in [0.3, 0.4) is 0 Å². The molecule has 1 nitrogen and oxygen atoms in total. The first-order valence-corrected chi connectivity index (χ1v) is 7.35. The molecule has 0 aliphatic rings. The predicted octanol–water partition coefficient (Wildman–Crippen LogP) is 3.76. The van der Waals surface area contributed by atoms with Crippen molar-refractivity contribution in [1.29, 1.82) is 0 Å². The van der Waals surface area contributed by atoms with Gasteiger partial charge in [0.05, 0.1) is 0 Å². The van der Waals surface area contributed by atoms with Crippen molar-refractivity contribution in [1.82, 2.24) is 5.32 Å². The average Bonchev–Trinajstić information content (AvgIpc) is 2.83. The van der Waals surface area contributed by atoms with E-state index in [-0.39, 0.29) is 0 Å². The largest absolute Gasteiger partial charge is 0.308 e. The topological polar surface area (TPSA) is 12.0 Å². The number of nitrogens with one attached hydrogen (secondary N) is 1. The van der Waals surface area contributed by atoms with Crippen LogP contribution in [0.5, 0.6) is 0 Å². The summed E-state index contributed by atoms with van der Waals surface area (Å²) >= 11 is 3.58. The van der Waals surface area contributed by atoms with Crippen LogP contribution in [-0.4, -0.2) is 6.26 Å². The minimum atomic E-state index is 0.937. The van der Waals surface area contributed by atoms with Crippen LogP contribution in [-0.2, 0) is 13.1 Å². The Kier molecular flexibility index (Phi) is 4.45. The van der Waals surface area contributed by atoms with Crippen molar-refractivity contribution < 1.29 is 0 Å². The molecular weight excluding hydrogens is 234 g/mol. The fraction of sp³-hybridized carbons (Fsp3) is 0.231. The van der Waals surface area contributed by atoms with Gasteiger partial charge in [0.15, 0.2) is 0 Å². The molecule has 0 fully saturated rings. The smallest absolute Gasteiger partial charge is 0.0302 e. The lowest BCUT2D eigenvalue weighted by atomic mass is 10.2. The van der Waals surface area contributed by atoms with Gasteiger partial charge in [-0.05, 0) is 35.4 Å². The highest BCUT2D eigenvalue weighted by Crippen LogP contribution is 2.15. The monoisotopic (exact) mass is 249 g/mol. The van der Waals surface area contributed by atoms with Crippen LogP contribution in [0, 0.1) is 0 Å². The fourth-order valence-corrected chi connectivity index (χ4v) is 2.57. The third-order valence-corrected chi connectivity index (χ3v) is 3.99. The number of hydrogen-bond acceptors (Lipinski definition) is 3. The molecule has 1 aromatic heterocycles. The molecule has 2 aromatic rings. The van der Waals surface area contributed by atoms with Crippen LogP contribution < -0.4 is 5.32 Å². The van der Waals surface area contributed by atoms with E-state index in [2.05, 4.69) is 53.4 Å². The maximum Gasteiger partial charge on any atom is 0.0302 e. The lowest BCUT2D eigenvalue weighted by Crippen LogP contribution is -2.11. The van der Waals surface area contributed by atoms with E-state index < -0.39 is 0 Å². The Hall–Kier alpha value is -0.770. The van der Waals surface area contributed by atoms with Crippen molar-refractivity contribution in [3.05, 3.63) is 52.2 Å². The highest BCUT2D eigenvalue weighted by Gasteiger charge is 1.95. The number of thioether (sulfide) groups is 1. The molecular formula is C13H15NS2. The van der Waals surface area contributed by atoms with E-state index in [1.807, 2.05) is 0 Å². The van der Waals surface area contributed by atoms with Gasteiger partial charge >= 0.3 is 0 Å². The quantitative estimate of drug-likeness (QED) is 0.810. The van der Waals surface area contributed by atoms with E-state index in [4.69, 9.17) is 0 Å². The molecule has 0 aliphatic carbocycles. The first kappa shape index (κ1) is 11.7. The highest BCUT2D eigenvalue weighted by atomic mass is 32.2. The van der Waals surface area contributed by atoms with Gasteiger partial charge in [-0.1, -0.05) is 18.2 Å². The second-order valence-corrected chi connectivity index (χ2v) is 5.44. The Morgan fingerprint density at radius 3 is 2.56 bits per heavy atom. The maximum atomic E-state index is 3.45. The third-order valence-electron chi connectivity index (χ3n) is 2.37. The predicted molar refractivity (Wildman–Crippen MR) is 73.1 cm³/mol. The maximum absolute atomic E-state index is 3.45. The molecule has 3 heteroatoms. The van der Waals surface area contributed by atoms with Crippen molar-refractivity contribution in [2.45, 2.75) is 18.0 Å². The number of thiophene rings is 1. The molecule has 0 saturated heterocycles. The Bertz CT molecular complexity index is 406. The molecule has 0 unspecified atom stereocenters.